The van der Waals surface area contributed by atoms with Gasteiger partial charge in [0.15, 0.2) is 0 Å². The second-order valence-electron chi connectivity index (χ2n) is 2.06. The number of hydrogen-bond acceptors (Lipinski definition) is 0. The van der Waals surface area contributed by atoms with Gasteiger partial charge in [-0.3, -0.25) is 0 Å². The van der Waals surface area contributed by atoms with Crippen LogP contribution in [-0.4, -0.2) is 15.0 Å². The van der Waals surface area contributed by atoms with Gasteiger partial charge in [-0.15, -0.1) is 0 Å². The fourth-order valence-corrected chi connectivity index (χ4v) is 1.85. The fraction of sp³-hybridized carbons (Fsp3) is 0.250. The predicted octanol–water partition coefficient (Wildman–Crippen LogP) is 2.08. The number of benzene rings is 1. The maximum atomic E-state index is 12.3. The van der Waals surface area contributed by atoms with Gasteiger partial charge >= 0.3 is 66.1 Å². The van der Waals surface area contributed by atoms with Crippen molar-refractivity contribution in [1.29, 1.82) is 0 Å². The fourth-order valence-electron chi connectivity index (χ4n) is 0.747. The molecule has 1 aromatic carbocycles. The first kappa shape index (κ1) is 7.77. The average molecular weight is 203 g/mol. The van der Waals surface area contributed by atoms with Gasteiger partial charge in [-0.2, -0.15) is 0 Å². The third kappa shape index (κ3) is 2.13. The number of halogens is 1. The van der Waals surface area contributed by atoms with Crippen LogP contribution < -0.4 is 0 Å². The Balaban J connectivity index is 2.69. The Labute approximate surface area is 66.6 Å². The van der Waals surface area contributed by atoms with Gasteiger partial charge in [0.1, 0.15) is 0 Å². The Kier molecular flexibility index (Phi) is 2.91. The Bertz CT molecular complexity index is 193. The van der Waals surface area contributed by atoms with Crippen molar-refractivity contribution in [3.8, 4) is 0 Å². The molecule has 0 saturated carbocycles. The summed E-state index contributed by atoms with van der Waals surface area (Å²) >= 11 is 0.651. The first-order valence-corrected chi connectivity index (χ1v) is 5.99. The van der Waals surface area contributed by atoms with Crippen molar-refractivity contribution in [2.24, 2.45) is 0 Å². The van der Waals surface area contributed by atoms with Crippen LogP contribution in [0.4, 0.5) is 4.39 Å². The van der Waals surface area contributed by atoms with Crippen LogP contribution in [0.5, 0.6) is 0 Å². The van der Waals surface area contributed by atoms with E-state index in [1.165, 1.54) is 17.7 Å². The van der Waals surface area contributed by atoms with Crippen molar-refractivity contribution in [3.05, 3.63) is 35.6 Å². The van der Waals surface area contributed by atoms with Gasteiger partial charge in [-0.05, 0) is 0 Å². The van der Waals surface area contributed by atoms with Crippen LogP contribution >= 0.6 is 0 Å². The van der Waals surface area contributed by atoms with Crippen molar-refractivity contribution < 1.29 is 4.39 Å². The summed E-state index contributed by atoms with van der Waals surface area (Å²) in [5.74, 6) is 2.03. The van der Waals surface area contributed by atoms with Gasteiger partial charge in [-0.1, -0.05) is 0 Å². The molecule has 2 heteroatoms. The normalized spacial score (nSPS) is 9.80. The summed E-state index contributed by atoms with van der Waals surface area (Å²) < 4.78 is 12.3. The van der Waals surface area contributed by atoms with Gasteiger partial charge in [0.25, 0.3) is 0 Å². The maximum absolute atomic E-state index is 12.3. The molecule has 0 unspecified atom stereocenters. The zero-order chi connectivity index (χ0) is 7.40. The van der Waals surface area contributed by atoms with E-state index in [0.29, 0.717) is 15.0 Å². The predicted molar refractivity (Wildman–Crippen MR) is 41.7 cm³/mol. The zero-order valence-corrected chi connectivity index (χ0v) is 7.52. The van der Waals surface area contributed by atoms with E-state index in [1.807, 2.05) is 12.1 Å². The van der Waals surface area contributed by atoms with Crippen molar-refractivity contribution in [2.75, 3.05) is 0 Å². The number of hydrogen-bond donors (Lipinski definition) is 0. The van der Waals surface area contributed by atoms with Crippen LogP contribution in [0.1, 0.15) is 5.56 Å². The van der Waals surface area contributed by atoms with Crippen molar-refractivity contribution in [1.82, 2.24) is 0 Å². The van der Waals surface area contributed by atoms with Gasteiger partial charge in [-0.25, -0.2) is 0 Å². The topological polar surface area (TPSA) is 0 Å². The second-order valence-corrected chi connectivity index (χ2v) is 3.88. The Hall–Kier alpha value is -0.331. The molecular weight excluding hydrogens is 194 g/mol. The van der Waals surface area contributed by atoms with E-state index in [0.717, 1.165) is 5.32 Å². The average Bonchev–Trinajstić information content (AvgIpc) is 1.95. The quantitative estimate of drug-likeness (QED) is 0.645. The van der Waals surface area contributed by atoms with Crippen LogP contribution in [-0.2, 0) is 5.32 Å². The van der Waals surface area contributed by atoms with Gasteiger partial charge < -0.3 is 0 Å². The van der Waals surface area contributed by atoms with Crippen LogP contribution in [0.3, 0.4) is 0 Å². The summed E-state index contributed by atoms with van der Waals surface area (Å²) in [5, 5.41) is 1.10. The van der Waals surface area contributed by atoms with Crippen LogP contribution in [0.25, 0.3) is 0 Å². The van der Waals surface area contributed by atoms with E-state index < -0.39 is 0 Å². The van der Waals surface area contributed by atoms with Crippen molar-refractivity contribution >= 4 is 15.0 Å². The molecule has 0 amide bonds. The van der Waals surface area contributed by atoms with Crippen LogP contribution in [0, 0.1) is 5.82 Å². The molecular formula is C8H9FSe. The van der Waals surface area contributed by atoms with Gasteiger partial charge in [0.05, 0.1) is 0 Å². The molecule has 54 valence electrons. The molecule has 0 saturated heterocycles. The van der Waals surface area contributed by atoms with E-state index in [9.17, 15) is 4.39 Å². The van der Waals surface area contributed by atoms with Crippen molar-refractivity contribution in [3.63, 3.8) is 0 Å². The van der Waals surface area contributed by atoms with Crippen LogP contribution in [0.2, 0.25) is 5.82 Å². The Morgan fingerprint density at radius 2 is 1.90 bits per heavy atom. The minimum atomic E-state index is -0.146. The second kappa shape index (κ2) is 3.74. The molecule has 0 fully saturated rings. The summed E-state index contributed by atoms with van der Waals surface area (Å²) in [6.45, 7) is 0. The first-order chi connectivity index (χ1) is 4.83. The molecule has 0 radical (unpaired) electrons. The third-order valence-electron chi connectivity index (χ3n) is 1.22. The van der Waals surface area contributed by atoms with Gasteiger partial charge in [0, 0.05) is 0 Å². The SMILES string of the molecule is C[Se]Cc1ccc(F)cc1. The summed E-state index contributed by atoms with van der Waals surface area (Å²) in [7, 11) is 0. The molecule has 0 N–H and O–H groups in total. The van der Waals surface area contributed by atoms with Gasteiger partial charge in [0.2, 0.25) is 0 Å². The molecule has 0 aliphatic rings. The van der Waals surface area contributed by atoms with Crippen molar-refractivity contribution in [2.45, 2.75) is 11.1 Å². The molecule has 10 heavy (non-hydrogen) atoms. The minimum absolute atomic E-state index is 0.146. The molecule has 0 aliphatic carbocycles. The summed E-state index contributed by atoms with van der Waals surface area (Å²) in [6, 6.07) is 6.73. The van der Waals surface area contributed by atoms with E-state index in [2.05, 4.69) is 5.82 Å². The molecule has 0 atom stereocenters. The molecule has 0 heterocycles. The number of rotatable bonds is 2. The third-order valence-corrected chi connectivity index (χ3v) is 2.53. The van der Waals surface area contributed by atoms with E-state index >= 15 is 0 Å². The summed E-state index contributed by atoms with van der Waals surface area (Å²) in [6.07, 6.45) is 0. The molecule has 1 rings (SSSR count). The monoisotopic (exact) mass is 204 g/mol. The summed E-state index contributed by atoms with van der Waals surface area (Å²) in [5.41, 5.74) is 1.24. The first-order valence-electron chi connectivity index (χ1n) is 3.06. The molecule has 0 spiro atoms. The molecule has 0 bridgehead atoms. The Morgan fingerprint density at radius 1 is 1.30 bits per heavy atom. The summed E-state index contributed by atoms with van der Waals surface area (Å²) in [4.78, 5) is 0. The standard InChI is InChI=1S/C8H9FSe/c1-10-6-7-2-4-8(9)5-3-7/h2-5H,6H2,1H3. The van der Waals surface area contributed by atoms with E-state index in [1.54, 1.807) is 0 Å². The molecule has 0 aliphatic heterocycles. The molecule has 1 aromatic rings. The molecule has 0 nitrogen and oxygen atoms in total. The zero-order valence-electron chi connectivity index (χ0n) is 5.80. The van der Waals surface area contributed by atoms with Crippen LogP contribution in [0.15, 0.2) is 24.3 Å². The van der Waals surface area contributed by atoms with E-state index in [4.69, 9.17) is 0 Å². The molecule has 0 aromatic heterocycles. The Morgan fingerprint density at radius 3 is 2.40 bits per heavy atom. The van der Waals surface area contributed by atoms with E-state index in [-0.39, 0.29) is 5.82 Å².